The second-order valence-electron chi connectivity index (χ2n) is 8.03. The summed E-state index contributed by atoms with van der Waals surface area (Å²) in [6.07, 6.45) is 9.14. The summed E-state index contributed by atoms with van der Waals surface area (Å²) in [6, 6.07) is 18.1. The molecule has 2 aromatic carbocycles. The van der Waals surface area contributed by atoms with Gasteiger partial charge in [-0.25, -0.2) is 0 Å². The minimum atomic E-state index is 0. The van der Waals surface area contributed by atoms with Crippen LogP contribution in [-0.4, -0.2) is 48.3 Å². The summed E-state index contributed by atoms with van der Waals surface area (Å²) in [6.45, 7) is 0. The van der Waals surface area contributed by atoms with Gasteiger partial charge in [0.2, 0.25) is 0 Å². The molecule has 0 aromatic heterocycles. The van der Waals surface area contributed by atoms with E-state index in [1.54, 1.807) is 0 Å². The molecule has 0 heterocycles. The molecule has 3 rings (SSSR count). The molecule has 3 nitrogen and oxygen atoms in total. The zero-order valence-electron chi connectivity index (χ0n) is 18.3. The van der Waals surface area contributed by atoms with Gasteiger partial charge in [-0.3, -0.25) is 0 Å². The number of nitrogens with one attached hydrogen (secondary N) is 1. The molecule has 0 saturated carbocycles. The Bertz CT molecular complexity index is 819. The fraction of sp³-hybridized carbons (Fsp3) is 0.280. The molecular formula is C25H32ClN3. The third kappa shape index (κ3) is 5.31. The molecule has 0 spiro atoms. The average molecular weight is 410 g/mol. The lowest BCUT2D eigenvalue weighted by atomic mass is 9.90. The van der Waals surface area contributed by atoms with Crippen LogP contribution in [0.2, 0.25) is 0 Å². The van der Waals surface area contributed by atoms with Crippen molar-refractivity contribution in [2.24, 2.45) is 0 Å². The van der Waals surface area contributed by atoms with Crippen molar-refractivity contribution in [3.8, 4) is 0 Å². The monoisotopic (exact) mass is 409 g/mol. The lowest BCUT2D eigenvalue weighted by Gasteiger charge is -2.20. The van der Waals surface area contributed by atoms with Crippen LogP contribution in [0.5, 0.6) is 0 Å². The Hall–Kier alpha value is -2.49. The maximum Gasteiger partial charge on any atom is 0.125 e. The van der Waals surface area contributed by atoms with E-state index in [2.05, 4.69) is 125 Å². The van der Waals surface area contributed by atoms with E-state index < -0.39 is 0 Å². The molecule has 29 heavy (non-hydrogen) atoms. The number of allylic oxidation sites excluding steroid dienone is 3. The highest BCUT2D eigenvalue weighted by Crippen LogP contribution is 2.31. The summed E-state index contributed by atoms with van der Waals surface area (Å²) in [5.74, 6) is 0. The number of likely N-dealkylation sites (N-methyl/N-ethyl adjacent to an activating group) is 1. The Morgan fingerprint density at radius 1 is 0.690 bits per heavy atom. The van der Waals surface area contributed by atoms with Crippen molar-refractivity contribution >= 4 is 16.9 Å². The zero-order valence-corrected chi connectivity index (χ0v) is 19.0. The largest absolute Gasteiger partial charge is 1.00 e. The highest BCUT2D eigenvalue weighted by Gasteiger charge is 2.15. The first-order chi connectivity index (χ1) is 13.4. The van der Waals surface area contributed by atoms with E-state index in [0.29, 0.717) is 6.04 Å². The first kappa shape index (κ1) is 22.8. The number of rotatable bonds is 5. The highest BCUT2D eigenvalue weighted by molar-refractivity contribution is 5.86. The van der Waals surface area contributed by atoms with Crippen molar-refractivity contribution in [1.82, 2.24) is 0 Å². The molecule has 0 radical (unpaired) electrons. The number of quaternary nitrogens is 1. The number of benzene rings is 2. The van der Waals surface area contributed by atoms with Gasteiger partial charge in [-0.1, -0.05) is 36.4 Å². The Morgan fingerprint density at radius 2 is 1.07 bits per heavy atom. The van der Waals surface area contributed by atoms with Gasteiger partial charge < -0.3 is 27.1 Å². The molecular weight excluding hydrogens is 378 g/mol. The van der Waals surface area contributed by atoms with Gasteiger partial charge in [0.1, 0.15) is 6.04 Å². The van der Waals surface area contributed by atoms with Gasteiger partial charge in [-0.2, -0.15) is 0 Å². The quantitative estimate of drug-likeness (QED) is 0.759. The summed E-state index contributed by atoms with van der Waals surface area (Å²) in [5, 5.41) is 0. The van der Waals surface area contributed by atoms with Gasteiger partial charge in [0, 0.05) is 39.6 Å². The summed E-state index contributed by atoms with van der Waals surface area (Å²) < 4.78 is 0. The van der Waals surface area contributed by atoms with E-state index in [4.69, 9.17) is 0 Å². The minimum Gasteiger partial charge on any atom is -1.00 e. The molecule has 154 valence electrons. The molecule has 0 fully saturated rings. The number of hydrogen-bond donors (Lipinski definition) is 1. The topological polar surface area (TPSA) is 10.9 Å². The predicted octanol–water partition coefficient (Wildman–Crippen LogP) is 0.264. The fourth-order valence-electron chi connectivity index (χ4n) is 3.44. The molecule has 1 aliphatic rings. The predicted molar refractivity (Wildman–Crippen MR) is 122 cm³/mol. The molecule has 0 atom stereocenters. The van der Waals surface area contributed by atoms with Crippen LogP contribution in [0.3, 0.4) is 0 Å². The van der Waals surface area contributed by atoms with Crippen LogP contribution >= 0.6 is 0 Å². The van der Waals surface area contributed by atoms with Crippen LogP contribution in [0.4, 0.5) is 11.4 Å². The Morgan fingerprint density at radius 3 is 1.38 bits per heavy atom. The maximum absolute atomic E-state index is 2.30. The molecule has 0 saturated heterocycles. The summed E-state index contributed by atoms with van der Waals surface area (Å²) in [4.78, 5) is 5.68. The van der Waals surface area contributed by atoms with Crippen molar-refractivity contribution in [2.45, 2.75) is 6.04 Å². The van der Waals surface area contributed by atoms with Gasteiger partial charge >= 0.3 is 0 Å². The summed E-state index contributed by atoms with van der Waals surface area (Å²) in [5.41, 5.74) is 7.43. The van der Waals surface area contributed by atoms with Crippen LogP contribution in [0.1, 0.15) is 11.1 Å². The third-order valence-corrected chi connectivity index (χ3v) is 5.27. The highest BCUT2D eigenvalue weighted by atomic mass is 35.5. The SMILES string of the molecule is CN(C)c1ccc(C(=C2C=CC([NH+](C)C)C=C2)c2ccc(N(C)C)cc2)cc1.[Cl-]. The zero-order chi connectivity index (χ0) is 20.3. The summed E-state index contributed by atoms with van der Waals surface area (Å²) >= 11 is 0. The Kier molecular flexibility index (Phi) is 7.72. The summed E-state index contributed by atoms with van der Waals surface area (Å²) in [7, 11) is 12.7. The van der Waals surface area contributed by atoms with Crippen LogP contribution in [-0.2, 0) is 0 Å². The molecule has 1 N–H and O–H groups in total. The van der Waals surface area contributed by atoms with E-state index in [1.807, 2.05) is 0 Å². The minimum absolute atomic E-state index is 0. The number of hydrogen-bond acceptors (Lipinski definition) is 2. The molecule has 0 amide bonds. The van der Waals surface area contributed by atoms with E-state index in [-0.39, 0.29) is 12.4 Å². The molecule has 0 unspecified atom stereocenters. The van der Waals surface area contributed by atoms with Crippen LogP contribution in [0.25, 0.3) is 5.57 Å². The lowest BCUT2D eigenvalue weighted by molar-refractivity contribution is -0.871. The van der Waals surface area contributed by atoms with E-state index >= 15 is 0 Å². The van der Waals surface area contributed by atoms with Gasteiger partial charge in [0.05, 0.1) is 14.1 Å². The van der Waals surface area contributed by atoms with Crippen molar-refractivity contribution < 1.29 is 17.3 Å². The van der Waals surface area contributed by atoms with E-state index in [1.165, 1.54) is 38.5 Å². The number of anilines is 2. The van der Waals surface area contributed by atoms with Gasteiger partial charge in [0.15, 0.2) is 0 Å². The molecule has 4 heteroatoms. The second kappa shape index (κ2) is 9.82. The van der Waals surface area contributed by atoms with Crippen LogP contribution < -0.4 is 27.1 Å². The van der Waals surface area contributed by atoms with Crippen molar-refractivity contribution in [2.75, 3.05) is 52.1 Å². The Balaban J connectivity index is 0.00000300. The van der Waals surface area contributed by atoms with Gasteiger partial charge in [0.25, 0.3) is 0 Å². The standard InChI is InChI=1S/C25H31N3.ClH/c1-26(2)22-13-7-19(8-14-22)25(20-9-15-23(16-10-20)27(3)4)21-11-17-24(18-12-21)28(5)6;/h7-18,22H,1-6H3;1H. The van der Waals surface area contributed by atoms with Crippen LogP contribution in [0.15, 0.2) is 78.4 Å². The van der Waals surface area contributed by atoms with Crippen molar-refractivity contribution in [3.05, 3.63) is 89.5 Å². The Labute approximate surface area is 182 Å². The fourth-order valence-corrected chi connectivity index (χ4v) is 3.44. The van der Waals surface area contributed by atoms with E-state index in [0.717, 1.165) is 0 Å². The van der Waals surface area contributed by atoms with Crippen LogP contribution in [0, 0.1) is 0 Å². The second-order valence-corrected chi connectivity index (χ2v) is 8.03. The first-order valence-corrected chi connectivity index (χ1v) is 9.83. The van der Waals surface area contributed by atoms with E-state index in [9.17, 15) is 0 Å². The van der Waals surface area contributed by atoms with Crippen molar-refractivity contribution in [1.29, 1.82) is 0 Å². The molecule has 0 bridgehead atoms. The molecule has 0 aliphatic heterocycles. The first-order valence-electron chi connectivity index (χ1n) is 9.83. The average Bonchev–Trinajstić information content (AvgIpc) is 2.69. The normalized spacial score (nSPS) is 15.3. The smallest absolute Gasteiger partial charge is 0.125 e. The van der Waals surface area contributed by atoms with Gasteiger partial charge in [-0.05, 0) is 58.7 Å². The van der Waals surface area contributed by atoms with Crippen molar-refractivity contribution in [3.63, 3.8) is 0 Å². The number of halogens is 1. The molecule has 2 aromatic rings. The maximum atomic E-state index is 2.30. The lowest BCUT2D eigenvalue weighted by Crippen LogP contribution is -3.09. The number of nitrogens with zero attached hydrogens (tertiary/aromatic N) is 2. The third-order valence-electron chi connectivity index (χ3n) is 5.27. The van der Waals surface area contributed by atoms with Gasteiger partial charge in [-0.15, -0.1) is 0 Å². The molecule has 1 aliphatic carbocycles.